The van der Waals surface area contributed by atoms with E-state index in [0.717, 1.165) is 16.8 Å². The molecule has 9 heteroatoms. The van der Waals surface area contributed by atoms with E-state index in [4.69, 9.17) is 27.9 Å². The molecule has 31 heavy (non-hydrogen) atoms. The summed E-state index contributed by atoms with van der Waals surface area (Å²) < 4.78 is 33.0. The van der Waals surface area contributed by atoms with Gasteiger partial charge in [-0.3, -0.25) is 9.52 Å². The van der Waals surface area contributed by atoms with E-state index in [2.05, 4.69) is 10.0 Å². The molecule has 162 valence electrons. The fourth-order valence-electron chi connectivity index (χ4n) is 2.82. The summed E-state index contributed by atoms with van der Waals surface area (Å²) in [4.78, 5) is 12.2. The summed E-state index contributed by atoms with van der Waals surface area (Å²) in [7, 11) is -3.83. The van der Waals surface area contributed by atoms with Gasteiger partial charge in [-0.2, -0.15) is 0 Å². The van der Waals surface area contributed by atoms with E-state index in [0.29, 0.717) is 10.8 Å². The number of sulfonamides is 1. The summed E-state index contributed by atoms with van der Waals surface area (Å²) in [5.74, 6) is 0.0560. The Morgan fingerprint density at radius 3 is 2.19 bits per heavy atom. The maximum absolute atomic E-state index is 12.6. The van der Waals surface area contributed by atoms with Crippen molar-refractivity contribution in [3.8, 4) is 5.75 Å². The molecule has 0 atom stereocenters. The Morgan fingerprint density at radius 2 is 1.58 bits per heavy atom. The highest BCUT2D eigenvalue weighted by Gasteiger charge is 2.15. The molecule has 0 bridgehead atoms. The smallest absolute Gasteiger partial charge is 0.262 e. The SMILES string of the molecule is Cc1cccc(C)c1NC(=O)COc1ccc(S(=O)(=O)Nc2ccc(Cl)c(Cl)c2)cc1. The Morgan fingerprint density at radius 1 is 0.935 bits per heavy atom. The molecule has 0 heterocycles. The zero-order chi connectivity index (χ0) is 22.6. The minimum Gasteiger partial charge on any atom is -0.484 e. The molecule has 0 radical (unpaired) electrons. The Balaban J connectivity index is 1.61. The zero-order valence-corrected chi connectivity index (χ0v) is 19.1. The van der Waals surface area contributed by atoms with Gasteiger partial charge in [-0.1, -0.05) is 41.4 Å². The third-order valence-corrected chi connectivity index (χ3v) is 6.56. The van der Waals surface area contributed by atoms with Crippen LogP contribution in [-0.2, 0) is 14.8 Å². The van der Waals surface area contributed by atoms with Crippen molar-refractivity contribution in [2.45, 2.75) is 18.7 Å². The molecule has 0 aliphatic carbocycles. The van der Waals surface area contributed by atoms with E-state index in [1.165, 1.54) is 42.5 Å². The number of ether oxygens (including phenoxy) is 1. The summed E-state index contributed by atoms with van der Waals surface area (Å²) in [6, 6.07) is 15.9. The number of rotatable bonds is 7. The number of aryl methyl sites for hydroxylation is 2. The second-order valence-electron chi connectivity index (χ2n) is 6.81. The van der Waals surface area contributed by atoms with Crippen molar-refractivity contribution in [2.75, 3.05) is 16.6 Å². The van der Waals surface area contributed by atoms with E-state index in [1.54, 1.807) is 0 Å². The van der Waals surface area contributed by atoms with E-state index >= 15 is 0 Å². The van der Waals surface area contributed by atoms with Crippen molar-refractivity contribution in [1.82, 2.24) is 0 Å². The first-order valence-corrected chi connectivity index (χ1v) is 11.5. The average molecular weight is 479 g/mol. The second kappa shape index (κ2) is 9.60. The highest BCUT2D eigenvalue weighted by atomic mass is 35.5. The van der Waals surface area contributed by atoms with Crippen molar-refractivity contribution < 1.29 is 17.9 Å². The Hall–Kier alpha value is -2.74. The molecule has 3 rings (SSSR count). The Kier molecular flexibility index (Phi) is 7.10. The highest BCUT2D eigenvalue weighted by molar-refractivity contribution is 7.92. The number of carbonyl (C=O) groups is 1. The fourth-order valence-corrected chi connectivity index (χ4v) is 4.17. The first-order chi connectivity index (χ1) is 14.7. The topological polar surface area (TPSA) is 84.5 Å². The number of halogens is 2. The van der Waals surface area contributed by atoms with Crippen molar-refractivity contribution in [3.05, 3.63) is 81.8 Å². The molecular formula is C22H20Cl2N2O4S. The predicted octanol–water partition coefficient (Wildman–Crippen LogP) is 5.43. The van der Waals surface area contributed by atoms with Crippen molar-refractivity contribution in [2.24, 2.45) is 0 Å². The van der Waals surface area contributed by atoms with Gasteiger partial charge in [0.25, 0.3) is 15.9 Å². The molecule has 0 spiro atoms. The molecule has 0 saturated carbocycles. The summed E-state index contributed by atoms with van der Waals surface area (Å²) in [5, 5.41) is 3.40. The van der Waals surface area contributed by atoms with Gasteiger partial charge in [-0.25, -0.2) is 8.42 Å². The van der Waals surface area contributed by atoms with Crippen LogP contribution in [0.15, 0.2) is 65.6 Å². The molecule has 1 amide bonds. The third-order valence-electron chi connectivity index (χ3n) is 4.42. The summed E-state index contributed by atoms with van der Waals surface area (Å²) in [6.07, 6.45) is 0. The van der Waals surface area contributed by atoms with Gasteiger partial charge in [0, 0.05) is 5.69 Å². The Bertz CT molecular complexity index is 1190. The normalized spacial score (nSPS) is 11.1. The lowest BCUT2D eigenvalue weighted by Gasteiger charge is -2.12. The minimum absolute atomic E-state index is 0.0332. The van der Waals surface area contributed by atoms with Gasteiger partial charge in [0.15, 0.2) is 6.61 Å². The summed E-state index contributed by atoms with van der Waals surface area (Å²) in [6.45, 7) is 3.62. The lowest BCUT2D eigenvalue weighted by atomic mass is 10.1. The number of anilines is 2. The van der Waals surface area contributed by atoms with Crippen LogP contribution in [0, 0.1) is 13.8 Å². The van der Waals surface area contributed by atoms with E-state index in [-0.39, 0.29) is 28.1 Å². The molecule has 0 fully saturated rings. The number of benzene rings is 3. The molecular weight excluding hydrogens is 459 g/mol. The first kappa shape index (κ1) is 22.9. The molecule has 0 aliphatic rings. The minimum atomic E-state index is -3.83. The Labute approximate surface area is 191 Å². The third kappa shape index (κ3) is 5.91. The molecule has 0 saturated heterocycles. The van der Waals surface area contributed by atoms with Gasteiger partial charge >= 0.3 is 0 Å². The van der Waals surface area contributed by atoms with E-state index in [1.807, 2.05) is 32.0 Å². The van der Waals surface area contributed by atoms with Crippen LogP contribution in [0.1, 0.15) is 11.1 Å². The number of amides is 1. The summed E-state index contributed by atoms with van der Waals surface area (Å²) in [5.41, 5.74) is 2.96. The molecule has 0 aromatic heterocycles. The van der Waals surface area contributed by atoms with Crippen LogP contribution in [0.2, 0.25) is 10.0 Å². The molecule has 0 unspecified atom stereocenters. The van der Waals surface area contributed by atoms with Crippen LogP contribution in [0.3, 0.4) is 0 Å². The monoisotopic (exact) mass is 478 g/mol. The molecule has 3 aromatic rings. The van der Waals surface area contributed by atoms with Crippen LogP contribution in [0.25, 0.3) is 0 Å². The van der Waals surface area contributed by atoms with Gasteiger partial charge in [0.05, 0.1) is 20.6 Å². The number of nitrogens with one attached hydrogen (secondary N) is 2. The van der Waals surface area contributed by atoms with Crippen LogP contribution in [0.5, 0.6) is 5.75 Å². The van der Waals surface area contributed by atoms with E-state index < -0.39 is 10.0 Å². The lowest BCUT2D eigenvalue weighted by molar-refractivity contribution is -0.118. The van der Waals surface area contributed by atoms with Gasteiger partial charge in [0.1, 0.15) is 5.75 Å². The largest absolute Gasteiger partial charge is 0.484 e. The zero-order valence-electron chi connectivity index (χ0n) is 16.8. The standard InChI is InChI=1S/C22H20Cl2N2O4S/c1-14-4-3-5-15(2)22(14)25-21(27)13-30-17-7-9-18(10-8-17)31(28,29)26-16-6-11-19(23)20(24)12-16/h3-12,26H,13H2,1-2H3,(H,25,27). The fraction of sp³-hybridized carbons (Fsp3) is 0.136. The van der Waals surface area contributed by atoms with Gasteiger partial charge in [-0.15, -0.1) is 0 Å². The predicted molar refractivity (Wildman–Crippen MR) is 124 cm³/mol. The second-order valence-corrected chi connectivity index (χ2v) is 9.31. The maximum atomic E-state index is 12.6. The molecule has 2 N–H and O–H groups in total. The number of hydrogen-bond acceptors (Lipinski definition) is 4. The highest BCUT2D eigenvalue weighted by Crippen LogP contribution is 2.27. The van der Waals surface area contributed by atoms with Crippen LogP contribution >= 0.6 is 23.2 Å². The lowest BCUT2D eigenvalue weighted by Crippen LogP contribution is -2.21. The number of hydrogen-bond donors (Lipinski definition) is 2. The maximum Gasteiger partial charge on any atom is 0.262 e. The molecule has 6 nitrogen and oxygen atoms in total. The van der Waals surface area contributed by atoms with Crippen LogP contribution < -0.4 is 14.8 Å². The van der Waals surface area contributed by atoms with Crippen molar-refractivity contribution in [1.29, 1.82) is 0 Å². The molecule has 3 aromatic carbocycles. The van der Waals surface area contributed by atoms with Crippen molar-refractivity contribution >= 4 is 50.5 Å². The van der Waals surface area contributed by atoms with E-state index in [9.17, 15) is 13.2 Å². The van der Waals surface area contributed by atoms with Crippen LogP contribution in [-0.4, -0.2) is 20.9 Å². The first-order valence-electron chi connectivity index (χ1n) is 9.22. The number of para-hydroxylation sites is 1. The quantitative estimate of drug-likeness (QED) is 0.474. The van der Waals surface area contributed by atoms with Gasteiger partial charge < -0.3 is 10.1 Å². The van der Waals surface area contributed by atoms with Crippen LogP contribution in [0.4, 0.5) is 11.4 Å². The molecule has 0 aliphatic heterocycles. The summed E-state index contributed by atoms with van der Waals surface area (Å²) >= 11 is 11.8. The average Bonchev–Trinajstić information content (AvgIpc) is 2.72. The van der Waals surface area contributed by atoms with Gasteiger partial charge in [0.2, 0.25) is 0 Å². The van der Waals surface area contributed by atoms with Gasteiger partial charge in [-0.05, 0) is 67.4 Å². The van der Waals surface area contributed by atoms with Crippen molar-refractivity contribution in [3.63, 3.8) is 0 Å². The number of carbonyl (C=O) groups excluding carboxylic acids is 1.